The monoisotopic (exact) mass is 379 g/mol. The molecule has 0 bridgehead atoms. The molecule has 4 nitrogen and oxygen atoms in total. The lowest BCUT2D eigenvalue weighted by Crippen LogP contribution is -2.26. The van der Waals surface area contributed by atoms with Crippen molar-refractivity contribution in [2.24, 2.45) is 0 Å². The minimum absolute atomic E-state index is 0.377. The Hall–Kier alpha value is -2.92. The normalized spacial score (nSPS) is 11.7. The fourth-order valence-corrected chi connectivity index (χ4v) is 3.52. The van der Waals surface area contributed by atoms with E-state index in [1.165, 1.54) is 11.3 Å². The molecule has 5 heteroatoms. The Bertz CT molecular complexity index is 963. The first-order valence-corrected chi connectivity index (χ1v) is 9.52. The molecule has 0 aliphatic rings. The van der Waals surface area contributed by atoms with E-state index in [1.807, 2.05) is 68.6 Å². The van der Waals surface area contributed by atoms with E-state index in [4.69, 9.17) is 4.74 Å². The number of esters is 1. The molecule has 1 N–H and O–H groups in total. The fourth-order valence-electron chi connectivity index (χ4n) is 2.71. The molecule has 0 spiro atoms. The van der Waals surface area contributed by atoms with Crippen molar-refractivity contribution in [2.75, 3.05) is 5.32 Å². The third kappa shape index (κ3) is 4.44. The fraction of sp³-hybridized carbons (Fsp3) is 0.182. The minimum atomic E-state index is -1.03. The first-order valence-electron chi connectivity index (χ1n) is 8.64. The van der Waals surface area contributed by atoms with Crippen LogP contribution >= 0.6 is 11.3 Å². The van der Waals surface area contributed by atoms with Crippen molar-refractivity contribution < 1.29 is 14.3 Å². The third-order valence-corrected chi connectivity index (χ3v) is 5.26. The number of anilines is 1. The number of thiophene rings is 1. The van der Waals surface area contributed by atoms with Gasteiger partial charge in [0, 0.05) is 11.3 Å². The zero-order valence-corrected chi connectivity index (χ0v) is 16.3. The van der Waals surface area contributed by atoms with Gasteiger partial charge in [0.15, 0.2) is 0 Å². The first-order chi connectivity index (χ1) is 13.0. The van der Waals surface area contributed by atoms with Crippen LogP contribution in [0.3, 0.4) is 0 Å². The number of rotatable bonds is 5. The molecule has 1 amide bonds. The summed E-state index contributed by atoms with van der Waals surface area (Å²) in [4.78, 5) is 26.1. The van der Waals surface area contributed by atoms with E-state index in [1.54, 1.807) is 12.1 Å². The molecule has 1 aromatic heterocycles. The van der Waals surface area contributed by atoms with Gasteiger partial charge in [0.05, 0.1) is 0 Å². The Labute approximate surface area is 162 Å². The second-order valence-corrected chi connectivity index (χ2v) is 7.35. The van der Waals surface area contributed by atoms with Crippen LogP contribution in [0, 0.1) is 20.8 Å². The lowest BCUT2D eigenvalue weighted by atomic mass is 10.1. The number of benzene rings is 2. The number of carbonyl (C=O) groups excluding carboxylic acids is 2. The summed E-state index contributed by atoms with van der Waals surface area (Å²) < 4.78 is 5.63. The second-order valence-electron chi connectivity index (χ2n) is 6.44. The van der Waals surface area contributed by atoms with E-state index in [0.29, 0.717) is 16.1 Å². The highest BCUT2D eigenvalue weighted by atomic mass is 32.1. The molecular formula is C22H21NO3S. The number of carbonyl (C=O) groups is 2. The zero-order valence-electron chi connectivity index (χ0n) is 15.5. The third-order valence-electron chi connectivity index (χ3n) is 4.26. The van der Waals surface area contributed by atoms with Gasteiger partial charge in [-0.1, -0.05) is 42.5 Å². The summed E-state index contributed by atoms with van der Waals surface area (Å²) in [7, 11) is 0. The van der Waals surface area contributed by atoms with Crippen molar-refractivity contribution in [3.63, 3.8) is 0 Å². The molecule has 0 radical (unpaired) electrons. The molecule has 0 saturated carbocycles. The Morgan fingerprint density at radius 1 is 0.963 bits per heavy atom. The Morgan fingerprint density at radius 2 is 1.70 bits per heavy atom. The summed E-state index contributed by atoms with van der Waals surface area (Å²) in [6, 6.07) is 16.7. The van der Waals surface area contributed by atoms with E-state index < -0.39 is 12.1 Å². The summed E-state index contributed by atoms with van der Waals surface area (Å²) in [5.74, 6) is -0.870. The molecule has 1 atom stereocenters. The number of ether oxygens (including phenoxy) is 1. The highest BCUT2D eigenvalue weighted by molar-refractivity contribution is 7.12. The molecule has 3 rings (SSSR count). The summed E-state index contributed by atoms with van der Waals surface area (Å²) in [6.07, 6.45) is -1.03. The topological polar surface area (TPSA) is 55.4 Å². The van der Waals surface area contributed by atoms with E-state index in [0.717, 1.165) is 16.7 Å². The van der Waals surface area contributed by atoms with Crippen molar-refractivity contribution in [1.82, 2.24) is 0 Å². The summed E-state index contributed by atoms with van der Waals surface area (Å²) in [5, 5.41) is 4.74. The van der Waals surface area contributed by atoms with Crippen LogP contribution in [0.25, 0.3) is 0 Å². The van der Waals surface area contributed by atoms with Crippen LogP contribution in [-0.2, 0) is 9.53 Å². The van der Waals surface area contributed by atoms with Crippen molar-refractivity contribution in [3.05, 3.63) is 87.1 Å². The number of hydrogen-bond donors (Lipinski definition) is 1. The van der Waals surface area contributed by atoms with Gasteiger partial charge in [-0.15, -0.1) is 11.3 Å². The van der Waals surface area contributed by atoms with Gasteiger partial charge in [0.25, 0.3) is 5.91 Å². The second kappa shape index (κ2) is 8.18. The molecule has 0 aliphatic heterocycles. The Balaban J connectivity index is 1.88. The summed E-state index contributed by atoms with van der Waals surface area (Å²) in [6.45, 7) is 5.73. The summed E-state index contributed by atoms with van der Waals surface area (Å²) in [5.41, 5.74) is 4.17. The zero-order chi connectivity index (χ0) is 19.4. The molecule has 0 saturated heterocycles. The van der Waals surface area contributed by atoms with Crippen molar-refractivity contribution in [1.29, 1.82) is 0 Å². The number of hydrogen-bond acceptors (Lipinski definition) is 4. The molecule has 138 valence electrons. The number of aryl methyl sites for hydroxylation is 3. The largest absolute Gasteiger partial charge is 0.443 e. The lowest BCUT2D eigenvalue weighted by molar-refractivity contribution is -0.125. The predicted octanol–water partition coefficient (Wildman–Crippen LogP) is 5.21. The van der Waals surface area contributed by atoms with E-state index in [9.17, 15) is 9.59 Å². The van der Waals surface area contributed by atoms with Crippen molar-refractivity contribution in [3.8, 4) is 0 Å². The maximum Gasteiger partial charge on any atom is 0.349 e. The molecule has 3 aromatic rings. The van der Waals surface area contributed by atoms with Gasteiger partial charge in [0.1, 0.15) is 4.88 Å². The average Bonchev–Trinajstić information content (AvgIpc) is 3.09. The number of amides is 1. The van der Waals surface area contributed by atoms with Gasteiger partial charge < -0.3 is 10.1 Å². The van der Waals surface area contributed by atoms with Crippen molar-refractivity contribution in [2.45, 2.75) is 26.9 Å². The SMILES string of the molecule is Cc1ccc(C)c(NC(=O)[C@@H](OC(=O)c2sccc2C)c2ccccc2)c1. The summed E-state index contributed by atoms with van der Waals surface area (Å²) >= 11 is 1.31. The lowest BCUT2D eigenvalue weighted by Gasteiger charge is -2.19. The van der Waals surface area contributed by atoms with Crippen LogP contribution < -0.4 is 5.32 Å². The highest BCUT2D eigenvalue weighted by Crippen LogP contribution is 2.25. The maximum atomic E-state index is 13.0. The number of nitrogens with one attached hydrogen (secondary N) is 1. The molecule has 2 aromatic carbocycles. The van der Waals surface area contributed by atoms with Gasteiger partial charge in [0.2, 0.25) is 6.10 Å². The van der Waals surface area contributed by atoms with E-state index >= 15 is 0 Å². The molecule has 0 unspecified atom stereocenters. The Kier molecular flexibility index (Phi) is 5.72. The van der Waals surface area contributed by atoms with Crippen LogP contribution in [0.1, 0.15) is 38.0 Å². The maximum absolute atomic E-state index is 13.0. The molecule has 0 fully saturated rings. The van der Waals surface area contributed by atoms with Crippen molar-refractivity contribution >= 4 is 28.9 Å². The molecule has 0 aliphatic carbocycles. The van der Waals surface area contributed by atoms with Gasteiger partial charge in [-0.25, -0.2) is 4.79 Å². The van der Waals surface area contributed by atoms with Crippen LogP contribution in [0.4, 0.5) is 5.69 Å². The minimum Gasteiger partial charge on any atom is -0.443 e. The molecular weight excluding hydrogens is 358 g/mol. The van der Waals surface area contributed by atoms with Gasteiger partial charge in [-0.05, 0) is 55.0 Å². The smallest absolute Gasteiger partial charge is 0.349 e. The first kappa shape index (κ1) is 18.9. The van der Waals surface area contributed by atoms with Crippen LogP contribution in [0.2, 0.25) is 0 Å². The van der Waals surface area contributed by atoms with Gasteiger partial charge in [-0.3, -0.25) is 4.79 Å². The van der Waals surface area contributed by atoms with E-state index in [-0.39, 0.29) is 5.91 Å². The quantitative estimate of drug-likeness (QED) is 0.619. The highest BCUT2D eigenvalue weighted by Gasteiger charge is 2.27. The predicted molar refractivity (Wildman–Crippen MR) is 108 cm³/mol. The van der Waals surface area contributed by atoms with Gasteiger partial charge in [-0.2, -0.15) is 0 Å². The van der Waals surface area contributed by atoms with Crippen LogP contribution in [-0.4, -0.2) is 11.9 Å². The van der Waals surface area contributed by atoms with Gasteiger partial charge >= 0.3 is 5.97 Å². The van der Waals surface area contributed by atoms with Crippen LogP contribution in [0.5, 0.6) is 0 Å². The van der Waals surface area contributed by atoms with E-state index in [2.05, 4.69) is 5.32 Å². The molecule has 27 heavy (non-hydrogen) atoms. The Morgan fingerprint density at radius 3 is 2.37 bits per heavy atom. The standard InChI is InChI=1S/C22H21NO3S/c1-14-9-10-15(2)18(13-14)23-21(24)19(17-7-5-4-6-8-17)26-22(25)20-16(3)11-12-27-20/h4-13,19H,1-3H3,(H,23,24)/t19-/m0/s1. The molecule has 1 heterocycles. The average molecular weight is 379 g/mol. The van der Waals surface area contributed by atoms with Crippen LogP contribution in [0.15, 0.2) is 60.0 Å².